The van der Waals surface area contributed by atoms with Crippen LogP contribution in [0.4, 0.5) is 0 Å². The molecule has 0 radical (unpaired) electrons. The molecule has 0 aliphatic carbocycles. The Morgan fingerprint density at radius 2 is 1.89 bits per heavy atom. The summed E-state index contributed by atoms with van der Waals surface area (Å²) in [6.07, 6.45) is 4.29. The van der Waals surface area contributed by atoms with E-state index in [9.17, 15) is 13.2 Å². The van der Waals surface area contributed by atoms with Gasteiger partial charge < -0.3 is 9.72 Å². The second kappa shape index (κ2) is 8.48. The fraction of sp³-hybridized carbons (Fsp3) is 0.222. The topological polar surface area (TPSA) is 92.6 Å². The van der Waals surface area contributed by atoms with Crippen molar-refractivity contribution in [2.45, 2.75) is 24.3 Å². The van der Waals surface area contributed by atoms with Crippen LogP contribution in [0.3, 0.4) is 0 Å². The van der Waals surface area contributed by atoms with Crippen molar-refractivity contribution in [1.82, 2.24) is 19.4 Å². The molecule has 0 saturated carbocycles. The molecule has 10 heteroatoms. The van der Waals surface area contributed by atoms with E-state index in [2.05, 4.69) is 15.0 Å². The van der Waals surface area contributed by atoms with E-state index < -0.39 is 22.0 Å². The highest BCUT2D eigenvalue weighted by atomic mass is 35.5. The van der Waals surface area contributed by atoms with E-state index in [-0.39, 0.29) is 14.9 Å². The van der Waals surface area contributed by atoms with Gasteiger partial charge in [0.25, 0.3) is 0 Å². The second-order valence-electron chi connectivity index (χ2n) is 6.13. The van der Waals surface area contributed by atoms with E-state index in [1.165, 1.54) is 19.1 Å². The first kappa shape index (κ1) is 20.6. The van der Waals surface area contributed by atoms with Crippen molar-refractivity contribution in [3.8, 4) is 0 Å². The second-order valence-corrected chi connectivity index (χ2v) is 8.60. The summed E-state index contributed by atoms with van der Waals surface area (Å²) < 4.78 is 29.2. The van der Waals surface area contributed by atoms with Crippen molar-refractivity contribution in [2.75, 3.05) is 6.54 Å². The number of rotatable bonds is 7. The van der Waals surface area contributed by atoms with Crippen LogP contribution in [-0.2, 0) is 21.2 Å². The molecule has 2 heterocycles. The molecule has 0 aliphatic heterocycles. The molecular weight excluding hydrogens is 423 g/mol. The summed E-state index contributed by atoms with van der Waals surface area (Å²) in [7, 11) is -4.05. The standard InChI is InChI=1S/C18H18Cl2N4O3S/c1-12(23-28(26,27)17-14(19)5-4-6-15(17)20)18(25)21-9-8-13-11-24-10-3-2-7-16(24)22-13/h2-7,10-12,23H,8-9H2,1H3,(H,21,25)/t12-/m1/s1. The zero-order valence-electron chi connectivity index (χ0n) is 14.9. The highest BCUT2D eigenvalue weighted by molar-refractivity contribution is 7.89. The Morgan fingerprint density at radius 1 is 1.18 bits per heavy atom. The average Bonchev–Trinajstić information content (AvgIpc) is 3.03. The van der Waals surface area contributed by atoms with Crippen LogP contribution in [0.15, 0.2) is 53.7 Å². The maximum atomic E-state index is 12.5. The SMILES string of the molecule is C[C@@H](NS(=O)(=O)c1c(Cl)cccc1Cl)C(=O)NCCc1cn2ccccc2n1. The lowest BCUT2D eigenvalue weighted by Gasteiger charge is -2.15. The van der Waals surface area contributed by atoms with E-state index in [0.29, 0.717) is 13.0 Å². The number of imidazole rings is 1. The Labute approximate surface area is 172 Å². The first-order valence-electron chi connectivity index (χ1n) is 8.44. The lowest BCUT2D eigenvalue weighted by atomic mass is 10.3. The van der Waals surface area contributed by atoms with Gasteiger partial charge in [-0.2, -0.15) is 4.72 Å². The van der Waals surface area contributed by atoms with E-state index >= 15 is 0 Å². The molecule has 1 atom stereocenters. The highest BCUT2D eigenvalue weighted by Gasteiger charge is 2.26. The van der Waals surface area contributed by atoms with Crippen LogP contribution < -0.4 is 10.0 Å². The number of hydrogen-bond acceptors (Lipinski definition) is 4. The molecule has 1 aromatic carbocycles. The third-order valence-corrected chi connectivity index (χ3v) is 6.50. The third-order valence-electron chi connectivity index (χ3n) is 4.01. The lowest BCUT2D eigenvalue weighted by molar-refractivity contribution is -0.122. The molecular formula is C18H18Cl2N4O3S. The van der Waals surface area contributed by atoms with Crippen LogP contribution in [-0.4, -0.2) is 36.3 Å². The van der Waals surface area contributed by atoms with Gasteiger partial charge in [-0.05, 0) is 31.2 Å². The van der Waals surface area contributed by atoms with Gasteiger partial charge >= 0.3 is 0 Å². The molecule has 2 N–H and O–H groups in total. The quantitative estimate of drug-likeness (QED) is 0.590. The van der Waals surface area contributed by atoms with E-state index in [1.807, 2.05) is 35.0 Å². The maximum Gasteiger partial charge on any atom is 0.244 e. The molecule has 28 heavy (non-hydrogen) atoms. The zero-order chi connectivity index (χ0) is 20.3. The minimum absolute atomic E-state index is 0.0144. The molecule has 3 aromatic rings. The molecule has 148 valence electrons. The number of nitrogens with zero attached hydrogens (tertiary/aromatic N) is 2. The van der Waals surface area contributed by atoms with E-state index in [4.69, 9.17) is 23.2 Å². The minimum atomic E-state index is -4.05. The average molecular weight is 441 g/mol. The van der Waals surface area contributed by atoms with E-state index in [0.717, 1.165) is 11.3 Å². The molecule has 2 aromatic heterocycles. The van der Waals surface area contributed by atoms with E-state index in [1.54, 1.807) is 6.07 Å². The number of hydrogen-bond donors (Lipinski definition) is 2. The number of amides is 1. The number of nitrogens with one attached hydrogen (secondary N) is 2. The molecule has 0 bridgehead atoms. The molecule has 7 nitrogen and oxygen atoms in total. The summed E-state index contributed by atoms with van der Waals surface area (Å²) in [5.74, 6) is -0.462. The van der Waals surface area contributed by atoms with Crippen LogP contribution in [0.2, 0.25) is 10.0 Å². The Bertz CT molecular complexity index is 1060. The summed E-state index contributed by atoms with van der Waals surface area (Å²) >= 11 is 11.9. The molecule has 0 aliphatic rings. The Hall–Kier alpha value is -2.13. The van der Waals surface area contributed by atoms with Gasteiger partial charge in [-0.25, -0.2) is 13.4 Å². The molecule has 0 saturated heterocycles. The smallest absolute Gasteiger partial charge is 0.244 e. The molecule has 0 unspecified atom stereocenters. The van der Waals surface area contributed by atoms with Crippen molar-refractivity contribution in [3.05, 3.63) is 64.5 Å². The predicted molar refractivity (Wildman–Crippen MR) is 108 cm³/mol. The summed E-state index contributed by atoms with van der Waals surface area (Å²) in [5, 5.41) is 2.67. The zero-order valence-corrected chi connectivity index (χ0v) is 17.2. The number of halogens is 2. The number of aromatic nitrogens is 2. The molecule has 3 rings (SSSR count). The summed E-state index contributed by atoms with van der Waals surface area (Å²) in [5.41, 5.74) is 1.64. The number of carbonyl (C=O) groups is 1. The Kier molecular flexibility index (Phi) is 6.24. The van der Waals surface area contributed by atoms with Gasteiger partial charge in [0.2, 0.25) is 15.9 Å². The van der Waals surface area contributed by atoms with Gasteiger partial charge in [0, 0.05) is 25.4 Å². The van der Waals surface area contributed by atoms with Crippen LogP contribution in [0.5, 0.6) is 0 Å². The van der Waals surface area contributed by atoms with Crippen molar-refractivity contribution < 1.29 is 13.2 Å². The van der Waals surface area contributed by atoms with Gasteiger partial charge in [-0.3, -0.25) is 4.79 Å². The van der Waals surface area contributed by atoms with Gasteiger partial charge in [0.05, 0.1) is 21.8 Å². The number of benzene rings is 1. The third kappa shape index (κ3) is 4.64. The number of fused-ring (bicyclic) bond motifs is 1. The fourth-order valence-corrected chi connectivity index (χ4v) is 5.01. The van der Waals surface area contributed by atoms with Crippen LogP contribution in [0.1, 0.15) is 12.6 Å². The van der Waals surface area contributed by atoms with Crippen LogP contribution in [0, 0.1) is 0 Å². The molecule has 0 fully saturated rings. The lowest BCUT2D eigenvalue weighted by Crippen LogP contribution is -2.45. The fourth-order valence-electron chi connectivity index (χ4n) is 2.66. The van der Waals surface area contributed by atoms with Gasteiger partial charge in [0.1, 0.15) is 10.5 Å². The normalized spacial score (nSPS) is 12.8. The minimum Gasteiger partial charge on any atom is -0.354 e. The first-order valence-corrected chi connectivity index (χ1v) is 10.7. The van der Waals surface area contributed by atoms with Gasteiger partial charge in [0.15, 0.2) is 0 Å². The molecule has 1 amide bonds. The van der Waals surface area contributed by atoms with Gasteiger partial charge in [-0.15, -0.1) is 0 Å². The number of carbonyl (C=O) groups excluding carboxylic acids is 1. The Balaban J connectivity index is 1.58. The summed E-state index contributed by atoms with van der Waals surface area (Å²) in [6.45, 7) is 1.77. The van der Waals surface area contributed by atoms with Crippen molar-refractivity contribution in [3.63, 3.8) is 0 Å². The molecule has 0 spiro atoms. The van der Waals surface area contributed by atoms with Crippen molar-refractivity contribution in [2.24, 2.45) is 0 Å². The number of sulfonamides is 1. The highest BCUT2D eigenvalue weighted by Crippen LogP contribution is 2.28. The monoisotopic (exact) mass is 440 g/mol. The van der Waals surface area contributed by atoms with Crippen molar-refractivity contribution in [1.29, 1.82) is 0 Å². The van der Waals surface area contributed by atoms with Crippen LogP contribution >= 0.6 is 23.2 Å². The maximum absolute atomic E-state index is 12.5. The Morgan fingerprint density at radius 3 is 2.57 bits per heavy atom. The number of pyridine rings is 1. The van der Waals surface area contributed by atoms with Gasteiger partial charge in [-0.1, -0.05) is 35.3 Å². The first-order chi connectivity index (χ1) is 13.3. The predicted octanol–water partition coefficient (Wildman–Crippen LogP) is 2.67. The largest absolute Gasteiger partial charge is 0.354 e. The summed E-state index contributed by atoms with van der Waals surface area (Å²) in [6, 6.07) is 9.06. The van der Waals surface area contributed by atoms with Crippen molar-refractivity contribution >= 4 is 44.8 Å². The van der Waals surface area contributed by atoms with Crippen LogP contribution in [0.25, 0.3) is 5.65 Å². The summed E-state index contributed by atoms with van der Waals surface area (Å²) in [4.78, 5) is 16.5.